The van der Waals surface area contributed by atoms with Crippen molar-refractivity contribution in [3.8, 4) is 0 Å². The molecule has 0 saturated carbocycles. The van der Waals surface area contributed by atoms with E-state index in [-0.39, 0.29) is 25.7 Å². The van der Waals surface area contributed by atoms with E-state index < -0.39 is 77.1 Å². The molecule has 2 aromatic rings. The van der Waals surface area contributed by atoms with Crippen LogP contribution in [0.2, 0.25) is 0 Å². The molecule has 2 saturated heterocycles. The lowest BCUT2D eigenvalue weighted by atomic mass is 9.80. The Labute approximate surface area is 239 Å². The average Bonchev–Trinajstić information content (AvgIpc) is 3.55. The smallest absolute Gasteiger partial charge is 0.394 e. The van der Waals surface area contributed by atoms with E-state index in [0.29, 0.717) is 18.6 Å². The van der Waals surface area contributed by atoms with Crippen LogP contribution in [-0.4, -0.2) is 88.3 Å². The fourth-order valence-corrected chi connectivity index (χ4v) is 5.87. The second kappa shape index (κ2) is 11.4. The van der Waals surface area contributed by atoms with Gasteiger partial charge in [-0.05, 0) is 49.6 Å². The molecular formula is C29H33F6N3O4. The van der Waals surface area contributed by atoms with Crippen molar-refractivity contribution in [3.63, 3.8) is 0 Å². The van der Waals surface area contributed by atoms with Crippen molar-refractivity contribution in [2.45, 2.75) is 62.1 Å². The van der Waals surface area contributed by atoms with E-state index >= 15 is 0 Å². The first-order valence-corrected chi connectivity index (χ1v) is 13.4. The van der Waals surface area contributed by atoms with Gasteiger partial charge in [0.1, 0.15) is 0 Å². The van der Waals surface area contributed by atoms with Gasteiger partial charge >= 0.3 is 18.4 Å². The highest BCUT2D eigenvalue weighted by Crippen LogP contribution is 2.40. The minimum absolute atomic E-state index is 0.0224. The first kappa shape index (κ1) is 31.6. The lowest BCUT2D eigenvalue weighted by molar-refractivity contribution is -0.144. The zero-order valence-electron chi connectivity index (χ0n) is 23.3. The number of likely N-dealkylation sites (N-methyl/N-ethyl adjacent to an activating group) is 1. The van der Waals surface area contributed by atoms with Gasteiger partial charge in [0.2, 0.25) is 5.91 Å². The van der Waals surface area contributed by atoms with E-state index in [1.165, 1.54) is 35.6 Å². The van der Waals surface area contributed by atoms with E-state index in [9.17, 15) is 46.1 Å². The van der Waals surface area contributed by atoms with Gasteiger partial charge in [-0.15, -0.1) is 0 Å². The van der Waals surface area contributed by atoms with Crippen molar-refractivity contribution >= 4 is 11.9 Å². The highest BCUT2D eigenvalue weighted by Gasteiger charge is 2.47. The predicted molar refractivity (Wildman–Crippen MR) is 140 cm³/mol. The molecule has 13 heteroatoms. The number of alkyl halides is 6. The monoisotopic (exact) mass is 601 g/mol. The van der Waals surface area contributed by atoms with Crippen molar-refractivity contribution in [1.29, 1.82) is 0 Å². The third-order valence-corrected chi connectivity index (χ3v) is 8.39. The predicted octanol–water partition coefficient (Wildman–Crippen LogP) is 4.48. The van der Waals surface area contributed by atoms with Gasteiger partial charge in [-0.3, -0.25) is 4.79 Å². The van der Waals surface area contributed by atoms with Crippen LogP contribution in [0.5, 0.6) is 0 Å². The van der Waals surface area contributed by atoms with E-state index in [1.807, 2.05) is 12.1 Å². The molecule has 42 heavy (non-hydrogen) atoms. The van der Waals surface area contributed by atoms with Crippen LogP contribution in [0.4, 0.5) is 31.1 Å². The van der Waals surface area contributed by atoms with Gasteiger partial charge in [-0.2, -0.15) is 26.3 Å². The summed E-state index contributed by atoms with van der Waals surface area (Å²) in [4.78, 5) is 31.5. The number of halogens is 6. The zero-order chi connectivity index (χ0) is 31.2. The van der Waals surface area contributed by atoms with E-state index in [1.54, 1.807) is 18.2 Å². The number of hydrogen-bond acceptors (Lipinski definition) is 4. The van der Waals surface area contributed by atoms with Crippen LogP contribution in [0.25, 0.3) is 0 Å². The van der Waals surface area contributed by atoms with Crippen molar-refractivity contribution in [3.05, 3.63) is 70.8 Å². The molecule has 0 aromatic heterocycles. The summed E-state index contributed by atoms with van der Waals surface area (Å²) in [6.07, 6.45) is -10.7. The number of carbonyl (C=O) groups is 2. The molecule has 0 aliphatic carbocycles. The van der Waals surface area contributed by atoms with E-state index in [4.69, 9.17) is 0 Å². The number of urea groups is 1. The maximum Gasteiger partial charge on any atom is 0.416 e. The summed E-state index contributed by atoms with van der Waals surface area (Å²) >= 11 is 0. The second-order valence-electron chi connectivity index (χ2n) is 11.4. The molecule has 0 spiro atoms. The van der Waals surface area contributed by atoms with Crippen molar-refractivity contribution in [1.82, 2.24) is 14.7 Å². The van der Waals surface area contributed by atoms with Crippen molar-refractivity contribution in [2.24, 2.45) is 0 Å². The van der Waals surface area contributed by atoms with Gasteiger partial charge in [0.15, 0.2) is 0 Å². The number of nitrogens with zero attached hydrogens (tertiary/aromatic N) is 3. The molecule has 7 nitrogen and oxygen atoms in total. The molecule has 3 amide bonds. The Morgan fingerprint density at radius 2 is 1.48 bits per heavy atom. The fraction of sp³-hybridized carbons (Fsp3) is 0.517. The maximum atomic E-state index is 13.9. The molecule has 0 radical (unpaired) electrons. The SMILES string of the molecule is CN(C(=O)C(C)(C)c1cc(C(F)(F)F)cc(C(F)(F)F)c1)[C@@H]1CN(C(=O)N2CC[C@H](O)[C@H]2CO)CC1c1ccccc1. The quantitative estimate of drug-likeness (QED) is 0.496. The summed E-state index contributed by atoms with van der Waals surface area (Å²) in [7, 11) is 1.42. The highest BCUT2D eigenvalue weighted by atomic mass is 19.4. The normalized spacial score (nSPS) is 23.4. The third kappa shape index (κ3) is 6.07. The summed E-state index contributed by atoms with van der Waals surface area (Å²) in [6.45, 7) is 2.52. The lowest BCUT2D eigenvalue weighted by Gasteiger charge is -2.36. The third-order valence-electron chi connectivity index (χ3n) is 8.39. The van der Waals surface area contributed by atoms with Crippen molar-refractivity contribution in [2.75, 3.05) is 33.3 Å². The number of aliphatic hydroxyl groups is 2. The number of carbonyl (C=O) groups excluding carboxylic acids is 2. The maximum absolute atomic E-state index is 13.9. The van der Waals surface area contributed by atoms with Gasteiger partial charge in [-0.25, -0.2) is 4.79 Å². The highest BCUT2D eigenvalue weighted by molar-refractivity contribution is 5.88. The minimum Gasteiger partial charge on any atom is -0.394 e. The van der Waals surface area contributed by atoms with Gasteiger partial charge in [0.25, 0.3) is 0 Å². The van der Waals surface area contributed by atoms with Crippen LogP contribution < -0.4 is 0 Å². The zero-order valence-corrected chi connectivity index (χ0v) is 23.3. The second-order valence-corrected chi connectivity index (χ2v) is 11.4. The number of benzene rings is 2. The number of aliphatic hydroxyl groups excluding tert-OH is 2. The number of likely N-dealkylation sites (tertiary alicyclic amines) is 2. The summed E-state index contributed by atoms with van der Waals surface area (Å²) in [5.41, 5.74) is -4.48. The summed E-state index contributed by atoms with van der Waals surface area (Å²) in [5.74, 6) is -1.15. The summed E-state index contributed by atoms with van der Waals surface area (Å²) in [5, 5.41) is 19.9. The molecule has 4 rings (SSSR count). The van der Waals surface area contributed by atoms with Gasteiger partial charge in [-0.1, -0.05) is 30.3 Å². The van der Waals surface area contributed by atoms with Crippen LogP contribution >= 0.6 is 0 Å². The first-order chi connectivity index (χ1) is 19.5. The van der Waals surface area contributed by atoms with Crippen LogP contribution in [0.3, 0.4) is 0 Å². The summed E-state index contributed by atoms with van der Waals surface area (Å²) in [6, 6.07) is 8.23. The standard InChI is InChI=1S/C29H33F6N3O4/c1-27(2,18-11-19(28(30,31)32)13-20(12-18)29(33,34)35)25(41)36(3)22-15-37(14-21(22)17-7-5-4-6-8-17)26(42)38-10-9-24(40)23(38)16-39/h4-8,11-13,21-24,39-40H,9-10,14-16H2,1-3H3/t21?,22-,23-,24+/m1/s1. The van der Waals surface area contributed by atoms with Crippen LogP contribution in [0.15, 0.2) is 48.5 Å². The number of hydrogen-bond donors (Lipinski definition) is 2. The Kier molecular flexibility index (Phi) is 8.58. The molecule has 2 N–H and O–H groups in total. The van der Waals surface area contributed by atoms with Gasteiger partial charge < -0.3 is 24.9 Å². The van der Waals surface area contributed by atoms with Crippen LogP contribution in [-0.2, 0) is 22.6 Å². The Morgan fingerprint density at radius 1 is 0.929 bits per heavy atom. The first-order valence-electron chi connectivity index (χ1n) is 13.4. The van der Waals surface area contributed by atoms with Crippen molar-refractivity contribution < 1.29 is 46.1 Å². The summed E-state index contributed by atoms with van der Waals surface area (Å²) < 4.78 is 81.3. The molecule has 2 aliphatic rings. The molecule has 230 valence electrons. The van der Waals surface area contributed by atoms with Gasteiger partial charge in [0.05, 0.1) is 41.3 Å². The Bertz CT molecular complexity index is 1270. The molecule has 2 fully saturated rings. The Hall–Kier alpha value is -3.32. The fourth-order valence-electron chi connectivity index (χ4n) is 5.87. The number of rotatable bonds is 5. The Morgan fingerprint density at radius 3 is 2.00 bits per heavy atom. The molecule has 1 unspecified atom stereocenters. The molecular weight excluding hydrogens is 568 g/mol. The molecule has 4 atom stereocenters. The minimum atomic E-state index is -5.07. The lowest BCUT2D eigenvalue weighted by Crippen LogP contribution is -2.51. The number of amides is 3. The molecule has 2 aliphatic heterocycles. The van der Waals surface area contributed by atoms with Crippen LogP contribution in [0, 0.1) is 0 Å². The van der Waals surface area contributed by atoms with E-state index in [2.05, 4.69) is 0 Å². The Balaban J connectivity index is 1.68. The molecule has 2 aromatic carbocycles. The largest absolute Gasteiger partial charge is 0.416 e. The average molecular weight is 602 g/mol. The van der Waals surface area contributed by atoms with Gasteiger partial charge in [0, 0.05) is 32.6 Å². The molecule has 2 heterocycles. The van der Waals surface area contributed by atoms with Crippen LogP contribution in [0.1, 0.15) is 48.4 Å². The van der Waals surface area contributed by atoms with E-state index in [0.717, 1.165) is 5.56 Å². The topological polar surface area (TPSA) is 84.3 Å². The molecule has 0 bridgehead atoms.